The van der Waals surface area contributed by atoms with Crippen molar-refractivity contribution < 1.29 is 4.74 Å². The topological polar surface area (TPSA) is 72.0 Å². The molecule has 0 aliphatic heterocycles. The molecule has 1 atom stereocenters. The van der Waals surface area contributed by atoms with Crippen molar-refractivity contribution in [2.45, 2.75) is 32.7 Å². The third-order valence-corrected chi connectivity index (χ3v) is 2.55. The lowest BCUT2D eigenvalue weighted by molar-refractivity contribution is 0.379. The van der Waals surface area contributed by atoms with Crippen LogP contribution < -0.4 is 15.4 Å². The molecule has 6 nitrogen and oxygen atoms in total. The van der Waals surface area contributed by atoms with Crippen LogP contribution in [-0.4, -0.2) is 34.1 Å². The zero-order valence-corrected chi connectivity index (χ0v) is 11.2. The van der Waals surface area contributed by atoms with Gasteiger partial charge in [-0.25, -0.2) is 0 Å². The van der Waals surface area contributed by atoms with Crippen LogP contribution in [0.15, 0.2) is 0 Å². The van der Waals surface area contributed by atoms with E-state index in [-0.39, 0.29) is 6.01 Å². The highest BCUT2D eigenvalue weighted by atomic mass is 16.5. The molecule has 1 aromatic heterocycles. The van der Waals surface area contributed by atoms with E-state index in [0.717, 1.165) is 6.42 Å². The lowest BCUT2D eigenvalue weighted by atomic mass is 10.0. The van der Waals surface area contributed by atoms with Crippen molar-refractivity contribution in [3.05, 3.63) is 0 Å². The van der Waals surface area contributed by atoms with Crippen molar-refractivity contribution >= 4 is 11.9 Å². The van der Waals surface area contributed by atoms with E-state index in [0.29, 0.717) is 18.4 Å². The highest BCUT2D eigenvalue weighted by molar-refractivity contribution is 5.40. The van der Waals surface area contributed by atoms with Gasteiger partial charge in [-0.15, -0.1) is 6.42 Å². The first-order chi connectivity index (χ1) is 8.56. The second-order valence-corrected chi connectivity index (χ2v) is 3.95. The SMILES string of the molecule is C#CC(C)(CC)Nc1nc(NCC)nc(OC)n1. The van der Waals surface area contributed by atoms with Crippen LogP contribution in [0.4, 0.5) is 11.9 Å². The molecule has 0 saturated heterocycles. The Morgan fingerprint density at radius 2 is 1.94 bits per heavy atom. The molecule has 18 heavy (non-hydrogen) atoms. The molecule has 1 unspecified atom stereocenters. The Labute approximate surface area is 108 Å². The molecule has 1 aromatic rings. The molecule has 1 heterocycles. The first-order valence-corrected chi connectivity index (χ1v) is 5.86. The smallest absolute Gasteiger partial charge is 0.322 e. The molecule has 6 heteroatoms. The highest BCUT2D eigenvalue weighted by Gasteiger charge is 2.20. The van der Waals surface area contributed by atoms with Crippen LogP contribution in [0.2, 0.25) is 0 Å². The standard InChI is InChI=1S/C12H19N5O/c1-6-12(4,7-2)17-10-14-9(13-8-3)15-11(16-10)18-5/h1H,7-8H2,2-5H3,(H2,13,14,15,16,17). The van der Waals surface area contributed by atoms with Crippen molar-refractivity contribution in [1.82, 2.24) is 15.0 Å². The largest absolute Gasteiger partial charge is 0.467 e. The number of hydrogen-bond acceptors (Lipinski definition) is 6. The van der Waals surface area contributed by atoms with Crippen LogP contribution in [0.5, 0.6) is 6.01 Å². The average Bonchev–Trinajstić information content (AvgIpc) is 2.38. The Hall–Kier alpha value is -2.03. The average molecular weight is 249 g/mol. The number of rotatable bonds is 6. The van der Waals surface area contributed by atoms with Crippen molar-refractivity contribution in [3.8, 4) is 18.4 Å². The number of anilines is 2. The summed E-state index contributed by atoms with van der Waals surface area (Å²) in [5, 5.41) is 6.12. The van der Waals surface area contributed by atoms with Crippen LogP contribution in [-0.2, 0) is 0 Å². The fourth-order valence-corrected chi connectivity index (χ4v) is 1.21. The first-order valence-electron chi connectivity index (χ1n) is 5.86. The maximum absolute atomic E-state index is 5.50. The third-order valence-electron chi connectivity index (χ3n) is 2.55. The van der Waals surface area contributed by atoms with E-state index in [2.05, 4.69) is 31.5 Å². The second-order valence-electron chi connectivity index (χ2n) is 3.95. The van der Waals surface area contributed by atoms with Crippen LogP contribution >= 0.6 is 0 Å². The molecule has 0 amide bonds. The second kappa shape index (κ2) is 6.05. The van der Waals surface area contributed by atoms with Crippen LogP contribution in [0.25, 0.3) is 0 Å². The summed E-state index contributed by atoms with van der Waals surface area (Å²) in [6, 6.07) is 0.249. The Morgan fingerprint density at radius 1 is 1.28 bits per heavy atom. The van der Waals surface area contributed by atoms with Gasteiger partial charge in [0.2, 0.25) is 11.9 Å². The Morgan fingerprint density at radius 3 is 2.44 bits per heavy atom. The van der Waals surface area contributed by atoms with E-state index < -0.39 is 5.54 Å². The predicted molar refractivity (Wildman–Crippen MR) is 71.7 cm³/mol. The van der Waals surface area contributed by atoms with Gasteiger partial charge >= 0.3 is 6.01 Å². The van der Waals surface area contributed by atoms with Gasteiger partial charge in [0.1, 0.15) is 0 Å². The quantitative estimate of drug-likeness (QED) is 0.745. The maximum atomic E-state index is 5.50. The molecule has 0 aliphatic carbocycles. The number of ether oxygens (including phenoxy) is 1. The molecule has 0 spiro atoms. The third kappa shape index (κ3) is 3.48. The van der Waals surface area contributed by atoms with E-state index >= 15 is 0 Å². The van der Waals surface area contributed by atoms with Gasteiger partial charge in [0.15, 0.2) is 0 Å². The monoisotopic (exact) mass is 249 g/mol. The van der Waals surface area contributed by atoms with E-state index in [1.165, 1.54) is 7.11 Å². The summed E-state index contributed by atoms with van der Waals surface area (Å²) in [6.45, 7) is 6.58. The number of nitrogens with one attached hydrogen (secondary N) is 2. The Kier molecular flexibility index (Phi) is 4.72. The molecule has 0 aliphatic rings. The van der Waals surface area contributed by atoms with Crippen molar-refractivity contribution in [2.75, 3.05) is 24.3 Å². The number of nitrogens with zero attached hydrogens (tertiary/aromatic N) is 3. The fourth-order valence-electron chi connectivity index (χ4n) is 1.21. The van der Waals surface area contributed by atoms with Gasteiger partial charge in [-0.1, -0.05) is 12.8 Å². The molecular weight excluding hydrogens is 230 g/mol. The van der Waals surface area contributed by atoms with Crippen molar-refractivity contribution in [1.29, 1.82) is 0 Å². The van der Waals surface area contributed by atoms with Crippen LogP contribution in [0.3, 0.4) is 0 Å². The molecule has 0 bridgehead atoms. The molecule has 0 fully saturated rings. The molecule has 0 saturated carbocycles. The van der Waals surface area contributed by atoms with Gasteiger partial charge in [-0.05, 0) is 20.3 Å². The number of hydrogen-bond donors (Lipinski definition) is 2. The molecule has 1 rings (SSSR count). The summed E-state index contributed by atoms with van der Waals surface area (Å²) in [7, 11) is 1.51. The Balaban J connectivity index is 3.01. The zero-order valence-electron chi connectivity index (χ0n) is 11.2. The first kappa shape index (κ1) is 14.0. The van der Waals surface area contributed by atoms with Crippen LogP contribution in [0, 0.1) is 12.3 Å². The van der Waals surface area contributed by atoms with Crippen molar-refractivity contribution in [3.63, 3.8) is 0 Å². The van der Waals surface area contributed by atoms with E-state index in [4.69, 9.17) is 11.2 Å². The van der Waals surface area contributed by atoms with E-state index in [1.807, 2.05) is 20.8 Å². The Bertz CT molecular complexity index is 443. The summed E-state index contributed by atoms with van der Waals surface area (Å²) in [5.41, 5.74) is -0.490. The van der Waals surface area contributed by atoms with Gasteiger partial charge in [-0.3, -0.25) is 0 Å². The lowest BCUT2D eigenvalue weighted by Crippen LogP contribution is -2.33. The van der Waals surface area contributed by atoms with Gasteiger partial charge < -0.3 is 15.4 Å². The molecule has 2 N–H and O–H groups in total. The summed E-state index contributed by atoms with van der Waals surface area (Å²) >= 11 is 0. The summed E-state index contributed by atoms with van der Waals surface area (Å²) in [6.07, 6.45) is 6.26. The summed E-state index contributed by atoms with van der Waals surface area (Å²) < 4.78 is 5.03. The van der Waals surface area contributed by atoms with Gasteiger partial charge in [0.05, 0.1) is 12.6 Å². The number of methoxy groups -OCH3 is 1. The molecule has 0 aromatic carbocycles. The summed E-state index contributed by atoms with van der Waals surface area (Å²) in [4.78, 5) is 12.4. The van der Waals surface area contributed by atoms with E-state index in [1.54, 1.807) is 0 Å². The number of terminal acetylenes is 1. The maximum Gasteiger partial charge on any atom is 0.322 e. The van der Waals surface area contributed by atoms with E-state index in [9.17, 15) is 0 Å². The van der Waals surface area contributed by atoms with Gasteiger partial charge in [0.25, 0.3) is 0 Å². The van der Waals surface area contributed by atoms with Crippen molar-refractivity contribution in [2.24, 2.45) is 0 Å². The van der Waals surface area contributed by atoms with Crippen LogP contribution in [0.1, 0.15) is 27.2 Å². The van der Waals surface area contributed by atoms with Gasteiger partial charge in [-0.2, -0.15) is 15.0 Å². The summed E-state index contributed by atoms with van der Waals surface area (Å²) in [5.74, 6) is 3.56. The zero-order chi connectivity index (χ0) is 13.6. The molecule has 0 radical (unpaired) electrons. The molecule has 98 valence electrons. The fraction of sp³-hybridized carbons (Fsp3) is 0.583. The normalized spacial score (nSPS) is 13.3. The predicted octanol–water partition coefficient (Wildman–Crippen LogP) is 1.53. The lowest BCUT2D eigenvalue weighted by Gasteiger charge is -2.23. The molecular formula is C12H19N5O. The van der Waals surface area contributed by atoms with Gasteiger partial charge in [0, 0.05) is 6.54 Å². The highest BCUT2D eigenvalue weighted by Crippen LogP contribution is 2.17. The minimum Gasteiger partial charge on any atom is -0.467 e. The number of aromatic nitrogens is 3. The minimum atomic E-state index is -0.490. The minimum absolute atomic E-state index is 0.249.